The minimum atomic E-state index is -0.487. The molecule has 0 radical (unpaired) electrons. The van der Waals surface area contributed by atoms with E-state index < -0.39 is 5.82 Å². The summed E-state index contributed by atoms with van der Waals surface area (Å²) in [6.07, 6.45) is 1.39. The Morgan fingerprint density at radius 3 is 2.68 bits per heavy atom. The van der Waals surface area contributed by atoms with E-state index in [1.165, 1.54) is 46.4 Å². The van der Waals surface area contributed by atoms with Crippen LogP contribution in [0.25, 0.3) is 20.7 Å². The Kier molecular flexibility index (Phi) is 5.81. The Labute approximate surface area is 182 Å². The molecule has 0 aliphatic rings. The van der Waals surface area contributed by atoms with Gasteiger partial charge < -0.3 is 9.64 Å². The van der Waals surface area contributed by atoms with Crippen molar-refractivity contribution in [1.82, 2.24) is 14.5 Å². The highest BCUT2D eigenvalue weighted by Gasteiger charge is 2.15. The molecule has 0 aliphatic carbocycles. The van der Waals surface area contributed by atoms with Crippen molar-refractivity contribution in [2.24, 2.45) is 0 Å². The summed E-state index contributed by atoms with van der Waals surface area (Å²) in [6.45, 7) is 0.0663. The first-order valence-corrected chi connectivity index (χ1v) is 10.4. The summed E-state index contributed by atoms with van der Waals surface area (Å²) < 4.78 is 20.6. The van der Waals surface area contributed by atoms with Crippen molar-refractivity contribution in [3.8, 4) is 16.2 Å². The molecule has 0 spiro atoms. The molecule has 1 amide bonds. The molecule has 2 heterocycles. The highest BCUT2D eigenvalue weighted by molar-refractivity contribution is 7.22. The number of carbonyl (C=O) groups excluding carboxylic acids is 1. The molecule has 0 fully saturated rings. The number of carbonyl (C=O) groups is 1. The van der Waals surface area contributed by atoms with Crippen LogP contribution >= 0.6 is 11.3 Å². The van der Waals surface area contributed by atoms with E-state index in [0.717, 1.165) is 10.4 Å². The standard InChI is InChI=1S/C23H20FN3O3S/c1-26(12-15-8-9-19(30-2)17(24)10-15)21(28)13-27-14-25-18-11-20(31-22(18)23(27)29)16-6-4-3-5-7-16/h3-11,14H,12-13H2,1-2H3. The van der Waals surface area contributed by atoms with E-state index in [1.54, 1.807) is 13.1 Å². The Hall–Kier alpha value is -3.52. The molecule has 0 saturated heterocycles. The van der Waals surface area contributed by atoms with E-state index in [9.17, 15) is 14.0 Å². The van der Waals surface area contributed by atoms with Gasteiger partial charge in [-0.1, -0.05) is 36.4 Å². The number of fused-ring (bicyclic) bond motifs is 1. The molecule has 0 N–H and O–H groups in total. The average Bonchev–Trinajstić information content (AvgIpc) is 3.22. The molecule has 8 heteroatoms. The number of hydrogen-bond acceptors (Lipinski definition) is 5. The summed E-state index contributed by atoms with van der Waals surface area (Å²) in [6, 6.07) is 16.2. The molecule has 158 valence electrons. The van der Waals surface area contributed by atoms with Crippen LogP contribution in [0.3, 0.4) is 0 Å². The van der Waals surface area contributed by atoms with Gasteiger partial charge in [-0.05, 0) is 29.3 Å². The van der Waals surface area contributed by atoms with Crippen LogP contribution in [0.4, 0.5) is 4.39 Å². The number of nitrogens with zero attached hydrogens (tertiary/aromatic N) is 3. The maximum atomic E-state index is 13.9. The van der Waals surface area contributed by atoms with Crippen LogP contribution in [-0.4, -0.2) is 34.5 Å². The summed E-state index contributed by atoms with van der Waals surface area (Å²) >= 11 is 1.36. The predicted molar refractivity (Wildman–Crippen MR) is 119 cm³/mol. The number of rotatable bonds is 6. The fourth-order valence-corrected chi connectivity index (χ4v) is 4.30. The summed E-state index contributed by atoms with van der Waals surface area (Å²) in [4.78, 5) is 32.3. The lowest BCUT2D eigenvalue weighted by Gasteiger charge is -2.18. The maximum absolute atomic E-state index is 13.9. The molecule has 4 aromatic rings. The Morgan fingerprint density at radius 2 is 1.97 bits per heavy atom. The van der Waals surface area contributed by atoms with Crippen molar-refractivity contribution in [3.63, 3.8) is 0 Å². The molecule has 2 aromatic carbocycles. The lowest BCUT2D eigenvalue weighted by atomic mass is 10.2. The third-order valence-corrected chi connectivity index (χ3v) is 6.09. The molecule has 0 bridgehead atoms. The smallest absolute Gasteiger partial charge is 0.271 e. The summed E-state index contributed by atoms with van der Waals surface area (Å²) in [5.41, 5.74) is 1.99. The topological polar surface area (TPSA) is 64.4 Å². The second-order valence-corrected chi connectivity index (χ2v) is 8.14. The highest BCUT2D eigenvalue weighted by atomic mass is 32.1. The molecular formula is C23H20FN3O3S. The van der Waals surface area contributed by atoms with Gasteiger partial charge in [-0.15, -0.1) is 11.3 Å². The summed E-state index contributed by atoms with van der Waals surface area (Å²) in [5.74, 6) is -0.618. The van der Waals surface area contributed by atoms with Gasteiger partial charge in [0.15, 0.2) is 11.6 Å². The van der Waals surface area contributed by atoms with Crippen LogP contribution in [0.1, 0.15) is 5.56 Å². The number of amides is 1. The number of hydrogen-bond donors (Lipinski definition) is 0. The van der Waals surface area contributed by atoms with Crippen LogP contribution in [0.5, 0.6) is 5.75 Å². The number of thiophene rings is 1. The first kappa shape index (κ1) is 20.7. The van der Waals surface area contributed by atoms with Crippen LogP contribution in [0, 0.1) is 5.82 Å². The van der Waals surface area contributed by atoms with Gasteiger partial charge in [-0.25, -0.2) is 9.37 Å². The Bertz CT molecular complexity index is 1300. The first-order valence-electron chi connectivity index (χ1n) is 9.57. The third kappa shape index (κ3) is 4.34. The fourth-order valence-electron chi connectivity index (χ4n) is 3.24. The molecule has 0 atom stereocenters. The van der Waals surface area contributed by atoms with E-state index in [1.807, 2.05) is 36.4 Å². The van der Waals surface area contributed by atoms with Crippen molar-refractivity contribution in [3.05, 3.63) is 82.7 Å². The lowest BCUT2D eigenvalue weighted by Crippen LogP contribution is -2.33. The van der Waals surface area contributed by atoms with Gasteiger partial charge in [-0.3, -0.25) is 14.2 Å². The molecule has 0 saturated carbocycles. The van der Waals surface area contributed by atoms with Gasteiger partial charge in [0.2, 0.25) is 5.91 Å². The van der Waals surface area contributed by atoms with Gasteiger partial charge in [0.1, 0.15) is 11.2 Å². The zero-order chi connectivity index (χ0) is 22.0. The van der Waals surface area contributed by atoms with Gasteiger partial charge in [-0.2, -0.15) is 0 Å². The zero-order valence-electron chi connectivity index (χ0n) is 17.0. The largest absolute Gasteiger partial charge is 0.494 e. The van der Waals surface area contributed by atoms with Crippen molar-refractivity contribution >= 4 is 27.5 Å². The van der Waals surface area contributed by atoms with E-state index in [0.29, 0.717) is 15.8 Å². The van der Waals surface area contributed by atoms with Crippen LogP contribution < -0.4 is 10.3 Å². The number of benzene rings is 2. The second-order valence-electron chi connectivity index (χ2n) is 7.09. The second kappa shape index (κ2) is 8.69. The Balaban J connectivity index is 1.52. The van der Waals surface area contributed by atoms with Crippen LogP contribution in [0.15, 0.2) is 65.7 Å². The number of methoxy groups -OCH3 is 1. The van der Waals surface area contributed by atoms with Gasteiger partial charge >= 0.3 is 0 Å². The van der Waals surface area contributed by atoms with Gasteiger partial charge in [0, 0.05) is 18.5 Å². The van der Waals surface area contributed by atoms with Gasteiger partial charge in [0.05, 0.1) is 19.0 Å². The average molecular weight is 437 g/mol. The lowest BCUT2D eigenvalue weighted by molar-refractivity contribution is -0.131. The molecule has 0 aliphatic heterocycles. The van der Waals surface area contributed by atoms with Crippen molar-refractivity contribution < 1.29 is 13.9 Å². The summed E-state index contributed by atoms with van der Waals surface area (Å²) in [5, 5.41) is 0. The normalized spacial score (nSPS) is 10.9. The predicted octanol–water partition coefficient (Wildman–Crippen LogP) is 3.93. The number of likely N-dealkylation sites (N-methyl/N-ethyl adjacent to an activating group) is 1. The van der Waals surface area contributed by atoms with E-state index >= 15 is 0 Å². The monoisotopic (exact) mass is 437 g/mol. The minimum Gasteiger partial charge on any atom is -0.494 e. The quantitative estimate of drug-likeness (QED) is 0.459. The number of halogens is 1. The van der Waals surface area contributed by atoms with Crippen molar-refractivity contribution in [2.75, 3.05) is 14.2 Å². The molecule has 31 heavy (non-hydrogen) atoms. The fraction of sp³-hybridized carbons (Fsp3) is 0.174. The molecule has 6 nitrogen and oxygen atoms in total. The van der Waals surface area contributed by atoms with E-state index in [2.05, 4.69) is 4.98 Å². The van der Waals surface area contributed by atoms with Crippen LogP contribution in [-0.2, 0) is 17.9 Å². The SMILES string of the molecule is COc1ccc(CN(C)C(=O)Cn2cnc3cc(-c4ccccc4)sc3c2=O)cc1F. The summed E-state index contributed by atoms with van der Waals surface area (Å²) in [7, 11) is 3.01. The first-order chi connectivity index (χ1) is 15.0. The molecule has 0 unspecified atom stereocenters. The molecular weight excluding hydrogens is 417 g/mol. The van der Waals surface area contributed by atoms with E-state index in [-0.39, 0.29) is 30.3 Å². The number of aromatic nitrogens is 2. The Morgan fingerprint density at radius 1 is 1.19 bits per heavy atom. The van der Waals surface area contributed by atoms with Crippen molar-refractivity contribution in [2.45, 2.75) is 13.1 Å². The van der Waals surface area contributed by atoms with Crippen molar-refractivity contribution in [1.29, 1.82) is 0 Å². The maximum Gasteiger partial charge on any atom is 0.271 e. The third-order valence-electron chi connectivity index (χ3n) is 4.93. The van der Waals surface area contributed by atoms with Gasteiger partial charge in [0.25, 0.3) is 5.56 Å². The number of ether oxygens (including phenoxy) is 1. The highest BCUT2D eigenvalue weighted by Crippen LogP contribution is 2.30. The zero-order valence-corrected chi connectivity index (χ0v) is 17.9. The van der Waals surface area contributed by atoms with E-state index in [4.69, 9.17) is 4.74 Å². The van der Waals surface area contributed by atoms with Crippen LogP contribution in [0.2, 0.25) is 0 Å². The molecule has 2 aromatic heterocycles. The minimum absolute atomic E-state index is 0.143. The molecule has 4 rings (SSSR count).